The first-order valence-corrected chi connectivity index (χ1v) is 8.91. The number of hydrogen-bond acceptors (Lipinski definition) is 4. The summed E-state index contributed by atoms with van der Waals surface area (Å²) in [5.41, 5.74) is -1.43. The summed E-state index contributed by atoms with van der Waals surface area (Å²) in [7, 11) is 1.25. The molecule has 0 fully saturated rings. The maximum Gasteiger partial charge on any atom is 0.340 e. The minimum Gasteiger partial charge on any atom is -0.465 e. The van der Waals surface area contributed by atoms with Crippen molar-refractivity contribution in [2.45, 2.75) is 18.4 Å². The zero-order valence-electron chi connectivity index (χ0n) is 14.6. The average molecular weight is 425 g/mol. The number of esters is 2. The minimum absolute atomic E-state index is 0.0269. The fourth-order valence-electron chi connectivity index (χ4n) is 3.63. The van der Waals surface area contributed by atoms with Gasteiger partial charge in [0.2, 0.25) is 5.60 Å². The van der Waals surface area contributed by atoms with Crippen LogP contribution in [-0.4, -0.2) is 19.0 Å². The molecule has 0 saturated heterocycles. The van der Waals surface area contributed by atoms with E-state index < -0.39 is 29.0 Å². The van der Waals surface area contributed by atoms with E-state index in [2.05, 4.69) is 4.74 Å². The Balaban J connectivity index is 1.83. The van der Waals surface area contributed by atoms with Gasteiger partial charge < -0.3 is 9.47 Å². The topological polar surface area (TPSA) is 52.6 Å². The number of methoxy groups -OCH3 is 1. The molecule has 0 aromatic heterocycles. The molecule has 2 aromatic carbocycles. The predicted molar refractivity (Wildman–Crippen MR) is 98.6 cm³/mol. The van der Waals surface area contributed by atoms with Crippen molar-refractivity contribution in [2.75, 3.05) is 7.11 Å². The summed E-state index contributed by atoms with van der Waals surface area (Å²) in [5.74, 6) is -4.93. The number of halogens is 4. The van der Waals surface area contributed by atoms with Crippen LogP contribution in [-0.2, 0) is 25.8 Å². The van der Waals surface area contributed by atoms with Crippen LogP contribution in [0.2, 0.25) is 10.0 Å². The van der Waals surface area contributed by atoms with Crippen LogP contribution in [0.4, 0.5) is 8.78 Å². The first-order valence-electron chi connectivity index (χ1n) is 8.15. The van der Waals surface area contributed by atoms with E-state index >= 15 is 0 Å². The van der Waals surface area contributed by atoms with E-state index in [1.165, 1.54) is 31.4 Å². The molecule has 0 saturated carbocycles. The number of ether oxygens (including phenoxy) is 2. The molecule has 1 aliphatic heterocycles. The van der Waals surface area contributed by atoms with Crippen LogP contribution in [0.25, 0.3) is 5.57 Å². The van der Waals surface area contributed by atoms with E-state index in [0.717, 1.165) is 6.08 Å². The van der Waals surface area contributed by atoms with Gasteiger partial charge in [0, 0.05) is 10.6 Å². The summed E-state index contributed by atoms with van der Waals surface area (Å²) in [5, 5.41) is -0.0240. The molecule has 0 radical (unpaired) electrons. The Bertz CT molecular complexity index is 1090. The van der Waals surface area contributed by atoms with E-state index in [4.69, 9.17) is 27.9 Å². The van der Waals surface area contributed by atoms with Crippen LogP contribution in [0.1, 0.15) is 32.6 Å². The smallest absolute Gasteiger partial charge is 0.340 e. The first-order chi connectivity index (χ1) is 13.1. The number of aryl methyl sites for hydroxylation is 1. The van der Waals surface area contributed by atoms with Crippen LogP contribution in [0, 0.1) is 6.92 Å². The molecule has 0 amide bonds. The molecular formula is C20H12Cl2F2O4. The summed E-state index contributed by atoms with van der Waals surface area (Å²) in [6, 6.07) is 7.03. The van der Waals surface area contributed by atoms with E-state index in [1.54, 1.807) is 13.0 Å². The van der Waals surface area contributed by atoms with Gasteiger partial charge in [0.25, 0.3) is 0 Å². The van der Waals surface area contributed by atoms with Crippen LogP contribution in [0.15, 0.2) is 36.4 Å². The highest BCUT2D eigenvalue weighted by molar-refractivity contribution is 6.35. The highest BCUT2D eigenvalue weighted by Gasteiger charge is 2.71. The number of benzene rings is 2. The molecule has 28 heavy (non-hydrogen) atoms. The summed E-state index contributed by atoms with van der Waals surface area (Å²) in [4.78, 5) is 24.2. The highest BCUT2D eigenvalue weighted by Crippen LogP contribution is 2.65. The third kappa shape index (κ3) is 2.34. The van der Waals surface area contributed by atoms with Crippen LogP contribution < -0.4 is 0 Å². The molecule has 0 N–H and O–H groups in total. The van der Waals surface area contributed by atoms with E-state index in [1.807, 2.05) is 0 Å². The molecule has 144 valence electrons. The van der Waals surface area contributed by atoms with Crippen molar-refractivity contribution in [1.82, 2.24) is 0 Å². The maximum atomic E-state index is 14.9. The number of carbonyl (C=O) groups is 2. The Labute approximate surface area is 168 Å². The van der Waals surface area contributed by atoms with Crippen molar-refractivity contribution in [2.24, 2.45) is 0 Å². The first kappa shape index (κ1) is 18.9. The van der Waals surface area contributed by atoms with Gasteiger partial charge in [-0.25, -0.2) is 9.59 Å². The van der Waals surface area contributed by atoms with Gasteiger partial charge in [0.1, 0.15) is 0 Å². The second kappa shape index (κ2) is 6.03. The summed E-state index contributed by atoms with van der Waals surface area (Å²) < 4.78 is 39.7. The fourth-order valence-corrected chi connectivity index (χ4v) is 4.24. The molecule has 1 unspecified atom stereocenters. The lowest BCUT2D eigenvalue weighted by Gasteiger charge is -2.45. The molecule has 1 aliphatic carbocycles. The van der Waals surface area contributed by atoms with Crippen molar-refractivity contribution in [1.29, 1.82) is 0 Å². The lowest BCUT2D eigenvalue weighted by Crippen LogP contribution is -2.53. The quantitative estimate of drug-likeness (QED) is 0.634. The van der Waals surface area contributed by atoms with Gasteiger partial charge in [0.15, 0.2) is 0 Å². The number of carbonyl (C=O) groups excluding carboxylic acids is 2. The van der Waals surface area contributed by atoms with Crippen LogP contribution in [0.3, 0.4) is 0 Å². The Kier molecular flexibility index (Phi) is 4.07. The number of alkyl halides is 2. The van der Waals surface area contributed by atoms with Crippen LogP contribution >= 0.6 is 23.2 Å². The van der Waals surface area contributed by atoms with Crippen molar-refractivity contribution in [3.8, 4) is 0 Å². The molecule has 2 aliphatic rings. The molecule has 4 rings (SSSR count). The second-order valence-electron chi connectivity index (χ2n) is 6.59. The van der Waals surface area contributed by atoms with Gasteiger partial charge in [-0.3, -0.25) is 0 Å². The standard InChI is InChI=1S/C20H12Cl2F2O4/c1-9-5-10(3-4-12(9)17(25)27-2)13-8-19(28-18(13)26)14-6-11(21)7-15(22)16(14)20(19,23)24/h3-8H,1-2H3. The Morgan fingerprint density at radius 3 is 2.54 bits per heavy atom. The predicted octanol–water partition coefficient (Wildman–Crippen LogP) is 5.03. The Morgan fingerprint density at radius 1 is 1.18 bits per heavy atom. The Hall–Kier alpha value is -2.44. The normalized spacial score (nSPS) is 21.6. The molecule has 1 spiro atoms. The number of fused-ring (bicyclic) bond motifs is 2. The van der Waals surface area contributed by atoms with Crippen molar-refractivity contribution < 1.29 is 27.8 Å². The minimum atomic E-state index is -3.50. The van der Waals surface area contributed by atoms with Gasteiger partial charge in [-0.2, -0.15) is 8.78 Å². The monoisotopic (exact) mass is 424 g/mol. The number of rotatable bonds is 2. The van der Waals surface area contributed by atoms with Crippen molar-refractivity contribution in [3.05, 3.63) is 74.3 Å². The molecular weight excluding hydrogens is 413 g/mol. The van der Waals surface area contributed by atoms with Gasteiger partial charge in [-0.15, -0.1) is 0 Å². The van der Waals surface area contributed by atoms with Crippen molar-refractivity contribution >= 4 is 40.7 Å². The largest absolute Gasteiger partial charge is 0.465 e. The van der Waals surface area contributed by atoms with E-state index in [-0.39, 0.29) is 21.2 Å². The maximum absolute atomic E-state index is 14.9. The molecule has 1 heterocycles. The van der Waals surface area contributed by atoms with Crippen molar-refractivity contribution in [3.63, 3.8) is 0 Å². The number of hydrogen-bond donors (Lipinski definition) is 0. The summed E-state index contributed by atoms with van der Waals surface area (Å²) >= 11 is 11.9. The van der Waals surface area contributed by atoms with E-state index in [0.29, 0.717) is 16.7 Å². The lowest BCUT2D eigenvalue weighted by atomic mass is 9.69. The molecule has 8 heteroatoms. The molecule has 4 nitrogen and oxygen atoms in total. The van der Waals surface area contributed by atoms with Crippen LogP contribution in [0.5, 0.6) is 0 Å². The highest BCUT2D eigenvalue weighted by atomic mass is 35.5. The van der Waals surface area contributed by atoms with Gasteiger partial charge in [-0.1, -0.05) is 35.3 Å². The summed E-state index contributed by atoms with van der Waals surface area (Å²) in [6.07, 6.45) is 1.09. The van der Waals surface area contributed by atoms with Gasteiger partial charge in [0.05, 0.1) is 28.8 Å². The molecule has 1 atom stereocenters. The second-order valence-corrected chi connectivity index (χ2v) is 7.43. The third-order valence-electron chi connectivity index (χ3n) is 5.00. The SMILES string of the molecule is COC(=O)c1ccc(C2=CC3(OC2=O)c2cc(Cl)cc(Cl)c2C3(F)F)cc1C. The van der Waals surface area contributed by atoms with Gasteiger partial charge >= 0.3 is 17.9 Å². The van der Waals surface area contributed by atoms with Gasteiger partial charge in [-0.05, 0) is 42.3 Å². The van der Waals surface area contributed by atoms with E-state index in [9.17, 15) is 18.4 Å². The summed E-state index contributed by atoms with van der Waals surface area (Å²) in [6.45, 7) is 1.65. The average Bonchev–Trinajstić information content (AvgIpc) is 3.00. The zero-order chi connectivity index (χ0) is 20.4. The molecule has 2 aromatic rings. The third-order valence-corrected chi connectivity index (χ3v) is 5.52. The molecule has 0 bridgehead atoms. The lowest BCUT2D eigenvalue weighted by molar-refractivity contribution is -0.214. The fraction of sp³-hybridized carbons (Fsp3) is 0.200. The zero-order valence-corrected chi connectivity index (χ0v) is 16.1. The Morgan fingerprint density at radius 2 is 1.89 bits per heavy atom.